The molecule has 142 valence electrons. The van der Waals surface area contributed by atoms with E-state index in [-0.39, 0.29) is 17.0 Å². The molecule has 1 amide bonds. The van der Waals surface area contributed by atoms with Gasteiger partial charge >= 0.3 is 16.2 Å². The molecule has 0 aliphatic carbocycles. The fourth-order valence-electron chi connectivity index (χ4n) is 3.15. The molecular formula is C19H14N2O6S. The Bertz CT molecular complexity index is 1250. The number of carboxylic acids is 1. The summed E-state index contributed by atoms with van der Waals surface area (Å²) in [7, 11) is -4.05. The molecule has 0 aromatic heterocycles. The number of nitrogens with one attached hydrogen (secondary N) is 1. The van der Waals surface area contributed by atoms with Gasteiger partial charge in [0.25, 0.3) is 5.91 Å². The van der Waals surface area contributed by atoms with Gasteiger partial charge in [-0.1, -0.05) is 24.3 Å². The second kappa shape index (κ2) is 6.24. The summed E-state index contributed by atoms with van der Waals surface area (Å²) in [5, 5.41) is 20.7. The number of phenolic OH excluding ortho intramolecular Hbond substituents is 1. The second-order valence-electron chi connectivity index (χ2n) is 6.33. The molecule has 1 heterocycles. The number of nitrogens with zero attached hydrogens (tertiary/aromatic N) is 1. The Morgan fingerprint density at radius 3 is 2.43 bits per heavy atom. The van der Waals surface area contributed by atoms with Crippen LogP contribution in [0.2, 0.25) is 0 Å². The van der Waals surface area contributed by atoms with Crippen LogP contribution in [0, 0.1) is 0 Å². The number of anilines is 1. The van der Waals surface area contributed by atoms with Crippen molar-refractivity contribution in [3.8, 4) is 16.9 Å². The fourth-order valence-corrected chi connectivity index (χ4v) is 4.30. The number of carbonyl (C=O) groups is 2. The molecule has 0 atom stereocenters. The van der Waals surface area contributed by atoms with Crippen LogP contribution >= 0.6 is 0 Å². The van der Waals surface area contributed by atoms with Crippen molar-refractivity contribution in [1.82, 2.24) is 4.72 Å². The highest BCUT2D eigenvalue weighted by Crippen LogP contribution is 2.36. The van der Waals surface area contributed by atoms with E-state index in [0.29, 0.717) is 16.3 Å². The normalized spacial score (nSPS) is 15.6. The molecule has 0 spiro atoms. The van der Waals surface area contributed by atoms with Crippen LogP contribution < -0.4 is 9.03 Å². The number of aromatic hydroxyl groups is 1. The molecule has 0 bridgehead atoms. The van der Waals surface area contributed by atoms with Gasteiger partial charge in [0, 0.05) is 0 Å². The first-order valence-corrected chi connectivity index (χ1v) is 9.62. The first-order chi connectivity index (χ1) is 13.2. The molecule has 9 heteroatoms. The maximum atomic E-state index is 12.1. The summed E-state index contributed by atoms with van der Waals surface area (Å²) in [6.07, 6.45) is 0. The van der Waals surface area contributed by atoms with E-state index >= 15 is 0 Å². The minimum atomic E-state index is -4.05. The van der Waals surface area contributed by atoms with Gasteiger partial charge in [-0.05, 0) is 52.2 Å². The molecule has 0 unspecified atom stereocenters. The van der Waals surface area contributed by atoms with E-state index in [9.17, 15) is 23.1 Å². The van der Waals surface area contributed by atoms with Gasteiger partial charge in [-0.3, -0.25) is 4.79 Å². The van der Waals surface area contributed by atoms with Gasteiger partial charge in [0.1, 0.15) is 12.3 Å². The summed E-state index contributed by atoms with van der Waals surface area (Å²) in [5.74, 6) is -1.99. The molecule has 1 aliphatic rings. The van der Waals surface area contributed by atoms with E-state index in [1.807, 2.05) is 4.72 Å². The first-order valence-electron chi connectivity index (χ1n) is 8.18. The molecule has 28 heavy (non-hydrogen) atoms. The molecule has 3 aromatic carbocycles. The van der Waals surface area contributed by atoms with E-state index < -0.39 is 28.6 Å². The monoisotopic (exact) mass is 398 g/mol. The summed E-state index contributed by atoms with van der Waals surface area (Å²) in [4.78, 5) is 22.7. The third-order valence-corrected chi connectivity index (χ3v) is 5.86. The Morgan fingerprint density at radius 2 is 1.75 bits per heavy atom. The van der Waals surface area contributed by atoms with Crippen molar-refractivity contribution in [2.45, 2.75) is 0 Å². The quantitative estimate of drug-likeness (QED) is 0.621. The van der Waals surface area contributed by atoms with Crippen molar-refractivity contribution in [1.29, 1.82) is 0 Å². The molecule has 1 aliphatic heterocycles. The Balaban J connectivity index is 1.84. The highest BCUT2D eigenvalue weighted by atomic mass is 32.2. The van der Waals surface area contributed by atoms with Gasteiger partial charge in [0.2, 0.25) is 0 Å². The number of carbonyl (C=O) groups excluding carboxylic acids is 1. The zero-order valence-electron chi connectivity index (χ0n) is 14.3. The third kappa shape index (κ3) is 3.01. The average Bonchev–Trinajstić information content (AvgIpc) is 2.92. The molecule has 8 nitrogen and oxygen atoms in total. The van der Waals surface area contributed by atoms with Gasteiger partial charge < -0.3 is 10.2 Å². The highest BCUT2D eigenvalue weighted by Gasteiger charge is 2.35. The van der Waals surface area contributed by atoms with E-state index in [1.165, 1.54) is 18.2 Å². The van der Waals surface area contributed by atoms with Crippen molar-refractivity contribution in [2.24, 2.45) is 0 Å². The summed E-state index contributed by atoms with van der Waals surface area (Å²) in [6.45, 7) is -0.415. The summed E-state index contributed by atoms with van der Waals surface area (Å²) in [5.41, 5.74) is 1.55. The van der Waals surface area contributed by atoms with E-state index in [4.69, 9.17) is 5.11 Å². The summed E-state index contributed by atoms with van der Waals surface area (Å²) in [6, 6.07) is 14.6. The average molecular weight is 398 g/mol. The van der Waals surface area contributed by atoms with Crippen molar-refractivity contribution in [3.05, 3.63) is 60.2 Å². The third-order valence-electron chi connectivity index (χ3n) is 4.47. The van der Waals surface area contributed by atoms with Crippen LogP contribution in [-0.4, -0.2) is 37.1 Å². The van der Waals surface area contributed by atoms with Crippen molar-refractivity contribution >= 4 is 38.5 Å². The number of hydrogen-bond acceptors (Lipinski definition) is 5. The molecular weight excluding hydrogens is 384 g/mol. The largest absolute Gasteiger partial charge is 0.506 e. The van der Waals surface area contributed by atoms with E-state index in [1.54, 1.807) is 36.4 Å². The molecule has 3 aromatic rings. The summed E-state index contributed by atoms with van der Waals surface area (Å²) < 4.78 is 26.8. The first kappa shape index (κ1) is 17.8. The van der Waals surface area contributed by atoms with Crippen molar-refractivity contribution in [3.63, 3.8) is 0 Å². The number of amides is 1. The highest BCUT2D eigenvalue weighted by molar-refractivity contribution is 7.92. The van der Waals surface area contributed by atoms with Crippen molar-refractivity contribution < 1.29 is 28.2 Å². The molecule has 0 saturated carbocycles. The van der Waals surface area contributed by atoms with Crippen LogP contribution in [0.25, 0.3) is 21.9 Å². The predicted octanol–water partition coefficient (Wildman–Crippen LogP) is 2.09. The maximum absolute atomic E-state index is 12.1. The zero-order chi connectivity index (χ0) is 20.1. The Morgan fingerprint density at radius 1 is 1.00 bits per heavy atom. The predicted molar refractivity (Wildman–Crippen MR) is 102 cm³/mol. The Kier molecular flexibility index (Phi) is 3.97. The van der Waals surface area contributed by atoms with Gasteiger partial charge in [0.05, 0.1) is 11.3 Å². The lowest BCUT2D eigenvalue weighted by Crippen LogP contribution is -2.29. The van der Waals surface area contributed by atoms with E-state index in [0.717, 1.165) is 9.87 Å². The lowest BCUT2D eigenvalue weighted by atomic mass is 9.99. The van der Waals surface area contributed by atoms with Crippen LogP contribution in [0.4, 0.5) is 5.69 Å². The molecule has 1 fully saturated rings. The fraction of sp³-hybridized carbons (Fsp3) is 0.0526. The topological polar surface area (TPSA) is 124 Å². The number of fused-ring (bicyclic) bond motifs is 1. The zero-order valence-corrected chi connectivity index (χ0v) is 15.1. The number of hydrogen-bond donors (Lipinski definition) is 3. The Labute approximate surface area is 159 Å². The van der Waals surface area contributed by atoms with Gasteiger partial charge in [-0.2, -0.15) is 8.42 Å². The smallest absolute Gasteiger partial charge is 0.335 e. The molecule has 4 rings (SSSR count). The Hall–Kier alpha value is -3.59. The van der Waals surface area contributed by atoms with Crippen LogP contribution in [0.5, 0.6) is 5.75 Å². The number of rotatable bonds is 3. The van der Waals surface area contributed by atoms with Crippen LogP contribution in [0.1, 0.15) is 10.4 Å². The molecule has 1 saturated heterocycles. The lowest BCUT2D eigenvalue weighted by Gasteiger charge is -2.17. The molecule has 0 radical (unpaired) electrons. The lowest BCUT2D eigenvalue weighted by molar-refractivity contribution is -0.117. The number of aromatic carboxylic acids is 1. The number of phenols is 1. The molecule has 3 N–H and O–H groups in total. The SMILES string of the molecule is O=C1CN(c2cc3cc(-c4cccc(C(=O)O)c4)ccc3cc2O)S(=O)(=O)N1. The maximum Gasteiger partial charge on any atom is 0.335 e. The minimum Gasteiger partial charge on any atom is -0.506 e. The number of benzene rings is 3. The van der Waals surface area contributed by atoms with Crippen molar-refractivity contribution in [2.75, 3.05) is 10.8 Å². The van der Waals surface area contributed by atoms with Crippen LogP contribution in [0.3, 0.4) is 0 Å². The van der Waals surface area contributed by atoms with Crippen LogP contribution in [0.15, 0.2) is 54.6 Å². The van der Waals surface area contributed by atoms with E-state index in [2.05, 4.69) is 0 Å². The van der Waals surface area contributed by atoms with Gasteiger partial charge in [-0.15, -0.1) is 0 Å². The summed E-state index contributed by atoms with van der Waals surface area (Å²) >= 11 is 0. The van der Waals surface area contributed by atoms with Gasteiger partial charge in [-0.25, -0.2) is 13.8 Å². The van der Waals surface area contributed by atoms with Crippen LogP contribution in [-0.2, 0) is 15.0 Å². The number of carboxylic acid groups (broad SMARTS) is 1. The second-order valence-corrected chi connectivity index (χ2v) is 7.92. The standard InChI is InChI=1S/C19H14N2O6S/c22-17-9-13-5-4-12(11-2-1-3-14(6-11)19(24)25)7-15(13)8-16(17)21-10-18(23)20-28(21,26)27/h1-9,22H,10H2,(H,20,23)(H,24,25). The van der Waals surface area contributed by atoms with Gasteiger partial charge in [0.15, 0.2) is 0 Å². The minimum absolute atomic E-state index is 0.0118.